The summed E-state index contributed by atoms with van der Waals surface area (Å²) in [6, 6.07) is 8.58. The van der Waals surface area contributed by atoms with E-state index in [2.05, 4.69) is 10.3 Å². The van der Waals surface area contributed by atoms with Gasteiger partial charge in [0.05, 0.1) is 18.5 Å². The zero-order chi connectivity index (χ0) is 17.6. The molecule has 0 fully saturated rings. The molecular formula is C17H17F3N2O2. The van der Waals surface area contributed by atoms with Gasteiger partial charge in [-0.3, -0.25) is 9.78 Å². The Morgan fingerprint density at radius 3 is 2.62 bits per heavy atom. The second-order valence-corrected chi connectivity index (χ2v) is 5.18. The molecule has 1 heterocycles. The van der Waals surface area contributed by atoms with Crippen LogP contribution in [0.25, 0.3) is 0 Å². The third-order valence-corrected chi connectivity index (χ3v) is 3.21. The van der Waals surface area contributed by atoms with Crippen LogP contribution >= 0.6 is 0 Å². The predicted molar refractivity (Wildman–Crippen MR) is 82.6 cm³/mol. The molecule has 2 aromatic rings. The van der Waals surface area contributed by atoms with Gasteiger partial charge < -0.3 is 10.1 Å². The smallest absolute Gasteiger partial charge is 0.419 e. The minimum atomic E-state index is -4.47. The SMILES string of the molecule is Cc1ccc(CC(=O)NCCOc2ccccc2C(F)(F)F)cn1. The second-order valence-electron chi connectivity index (χ2n) is 5.18. The van der Waals surface area contributed by atoms with Gasteiger partial charge in [-0.2, -0.15) is 13.2 Å². The monoisotopic (exact) mass is 338 g/mol. The molecule has 0 aliphatic heterocycles. The van der Waals surface area contributed by atoms with E-state index in [1.165, 1.54) is 18.2 Å². The molecule has 0 spiro atoms. The van der Waals surface area contributed by atoms with Crippen LogP contribution in [-0.2, 0) is 17.4 Å². The first-order valence-corrected chi connectivity index (χ1v) is 7.33. The van der Waals surface area contributed by atoms with E-state index in [0.717, 1.165) is 17.3 Å². The number of amides is 1. The van der Waals surface area contributed by atoms with Crippen molar-refractivity contribution in [2.45, 2.75) is 19.5 Å². The summed E-state index contributed by atoms with van der Waals surface area (Å²) in [7, 11) is 0. The average molecular weight is 338 g/mol. The van der Waals surface area contributed by atoms with Crippen LogP contribution < -0.4 is 10.1 Å². The van der Waals surface area contributed by atoms with Gasteiger partial charge >= 0.3 is 6.18 Å². The van der Waals surface area contributed by atoms with Gasteiger partial charge in [0.15, 0.2) is 0 Å². The highest BCUT2D eigenvalue weighted by Gasteiger charge is 2.33. The van der Waals surface area contributed by atoms with Gasteiger partial charge in [0.25, 0.3) is 0 Å². The first-order chi connectivity index (χ1) is 11.4. The number of para-hydroxylation sites is 1. The summed E-state index contributed by atoms with van der Waals surface area (Å²) < 4.78 is 43.5. The fraction of sp³-hybridized carbons (Fsp3) is 0.294. The maximum atomic E-state index is 12.8. The first-order valence-electron chi connectivity index (χ1n) is 7.33. The summed E-state index contributed by atoms with van der Waals surface area (Å²) in [4.78, 5) is 15.9. The molecule has 1 amide bonds. The number of ether oxygens (including phenoxy) is 1. The molecule has 0 radical (unpaired) electrons. The number of carbonyl (C=O) groups is 1. The van der Waals surface area contributed by atoms with Gasteiger partial charge in [-0.15, -0.1) is 0 Å². The van der Waals surface area contributed by atoms with E-state index in [1.807, 2.05) is 6.92 Å². The number of aryl methyl sites for hydroxylation is 1. The van der Waals surface area contributed by atoms with Gasteiger partial charge in [0.1, 0.15) is 12.4 Å². The quantitative estimate of drug-likeness (QED) is 0.823. The van der Waals surface area contributed by atoms with Crippen LogP contribution in [0.15, 0.2) is 42.6 Å². The fourth-order valence-electron chi connectivity index (χ4n) is 2.03. The van der Waals surface area contributed by atoms with E-state index < -0.39 is 11.7 Å². The molecule has 1 aromatic carbocycles. The number of hydrogen-bond donors (Lipinski definition) is 1. The Bertz CT molecular complexity index is 685. The molecule has 0 saturated heterocycles. The molecule has 0 atom stereocenters. The third-order valence-electron chi connectivity index (χ3n) is 3.21. The van der Waals surface area contributed by atoms with Crippen molar-refractivity contribution in [1.29, 1.82) is 0 Å². The van der Waals surface area contributed by atoms with Crippen LogP contribution in [0.1, 0.15) is 16.8 Å². The Labute approximate surface area is 137 Å². The molecule has 0 bridgehead atoms. The number of aromatic nitrogens is 1. The maximum absolute atomic E-state index is 12.8. The minimum Gasteiger partial charge on any atom is -0.491 e. The summed E-state index contributed by atoms with van der Waals surface area (Å²) in [5.74, 6) is -0.490. The van der Waals surface area contributed by atoms with Gasteiger partial charge in [-0.25, -0.2) is 0 Å². The van der Waals surface area contributed by atoms with Crippen molar-refractivity contribution in [3.63, 3.8) is 0 Å². The topological polar surface area (TPSA) is 51.2 Å². The Kier molecular flexibility index (Phi) is 5.78. The van der Waals surface area contributed by atoms with E-state index in [9.17, 15) is 18.0 Å². The zero-order valence-corrected chi connectivity index (χ0v) is 13.1. The lowest BCUT2D eigenvalue weighted by Crippen LogP contribution is -2.29. The molecule has 128 valence electrons. The van der Waals surface area contributed by atoms with E-state index in [-0.39, 0.29) is 31.2 Å². The lowest BCUT2D eigenvalue weighted by Gasteiger charge is -2.14. The van der Waals surface area contributed by atoms with Crippen molar-refractivity contribution >= 4 is 5.91 Å². The molecule has 0 saturated carbocycles. The highest BCUT2D eigenvalue weighted by atomic mass is 19.4. The van der Waals surface area contributed by atoms with Crippen molar-refractivity contribution in [2.24, 2.45) is 0 Å². The number of nitrogens with one attached hydrogen (secondary N) is 1. The summed E-state index contributed by atoms with van der Waals surface area (Å²) in [5, 5.41) is 2.60. The highest BCUT2D eigenvalue weighted by Crippen LogP contribution is 2.35. The van der Waals surface area contributed by atoms with Crippen LogP contribution in [-0.4, -0.2) is 24.0 Å². The summed E-state index contributed by atoms with van der Waals surface area (Å²) in [6.45, 7) is 1.91. The van der Waals surface area contributed by atoms with Gasteiger partial charge in [0.2, 0.25) is 5.91 Å². The van der Waals surface area contributed by atoms with Crippen LogP contribution in [0.3, 0.4) is 0 Å². The van der Waals surface area contributed by atoms with Crippen molar-refractivity contribution in [1.82, 2.24) is 10.3 Å². The number of hydrogen-bond acceptors (Lipinski definition) is 3. The summed E-state index contributed by atoms with van der Waals surface area (Å²) in [6.07, 6.45) is -2.70. The van der Waals surface area contributed by atoms with E-state index in [1.54, 1.807) is 18.3 Å². The molecule has 0 aliphatic carbocycles. The van der Waals surface area contributed by atoms with Crippen molar-refractivity contribution < 1.29 is 22.7 Å². The Hall–Kier alpha value is -2.57. The predicted octanol–water partition coefficient (Wildman–Crippen LogP) is 3.15. The number of carbonyl (C=O) groups excluding carboxylic acids is 1. The van der Waals surface area contributed by atoms with Crippen molar-refractivity contribution in [3.05, 3.63) is 59.4 Å². The summed E-state index contributed by atoms with van der Waals surface area (Å²) >= 11 is 0. The van der Waals surface area contributed by atoms with E-state index in [0.29, 0.717) is 0 Å². The van der Waals surface area contributed by atoms with Crippen LogP contribution in [0.2, 0.25) is 0 Å². The number of benzene rings is 1. The molecule has 7 heteroatoms. The van der Waals surface area contributed by atoms with E-state index in [4.69, 9.17) is 4.74 Å². The molecular weight excluding hydrogens is 321 g/mol. The van der Waals surface area contributed by atoms with Gasteiger partial charge in [0, 0.05) is 11.9 Å². The number of alkyl halides is 3. The number of pyridine rings is 1. The molecule has 0 aliphatic rings. The molecule has 2 rings (SSSR count). The molecule has 24 heavy (non-hydrogen) atoms. The minimum absolute atomic E-state index is 0.0506. The van der Waals surface area contributed by atoms with Crippen molar-refractivity contribution in [3.8, 4) is 5.75 Å². The summed E-state index contributed by atoms with van der Waals surface area (Å²) in [5.41, 5.74) is 0.791. The van der Waals surface area contributed by atoms with Crippen LogP contribution in [0.5, 0.6) is 5.75 Å². The molecule has 1 N–H and O–H groups in total. The molecule has 4 nitrogen and oxygen atoms in total. The Morgan fingerprint density at radius 1 is 1.21 bits per heavy atom. The van der Waals surface area contributed by atoms with Crippen molar-refractivity contribution in [2.75, 3.05) is 13.2 Å². The molecule has 0 unspecified atom stereocenters. The standard InChI is InChI=1S/C17H17F3N2O2/c1-12-6-7-13(11-22-12)10-16(23)21-8-9-24-15-5-3-2-4-14(15)17(18,19)20/h2-7,11H,8-10H2,1H3,(H,21,23). The normalized spacial score (nSPS) is 11.2. The maximum Gasteiger partial charge on any atom is 0.419 e. The second kappa shape index (κ2) is 7.81. The Morgan fingerprint density at radius 2 is 1.96 bits per heavy atom. The van der Waals surface area contributed by atoms with Gasteiger partial charge in [-0.05, 0) is 30.7 Å². The fourth-order valence-corrected chi connectivity index (χ4v) is 2.03. The van der Waals surface area contributed by atoms with Crippen LogP contribution in [0.4, 0.5) is 13.2 Å². The zero-order valence-electron chi connectivity index (χ0n) is 13.1. The largest absolute Gasteiger partial charge is 0.491 e. The Balaban J connectivity index is 1.79. The number of nitrogens with zero attached hydrogens (tertiary/aromatic N) is 1. The van der Waals surface area contributed by atoms with Gasteiger partial charge in [-0.1, -0.05) is 18.2 Å². The lowest BCUT2D eigenvalue weighted by molar-refractivity contribution is -0.139. The first kappa shape index (κ1) is 17.8. The number of halogens is 3. The number of rotatable bonds is 6. The highest BCUT2D eigenvalue weighted by molar-refractivity contribution is 5.78. The average Bonchev–Trinajstić information content (AvgIpc) is 2.53. The lowest BCUT2D eigenvalue weighted by atomic mass is 10.2. The third kappa shape index (κ3) is 5.26. The van der Waals surface area contributed by atoms with E-state index >= 15 is 0 Å². The van der Waals surface area contributed by atoms with Crippen LogP contribution in [0, 0.1) is 6.92 Å². The molecule has 1 aromatic heterocycles.